The van der Waals surface area contributed by atoms with Gasteiger partial charge in [-0.1, -0.05) is 23.3 Å². The molecule has 0 saturated carbocycles. The Hall–Kier alpha value is -2.77. The lowest BCUT2D eigenvalue weighted by atomic mass is 10.1. The molecule has 0 bridgehead atoms. The number of phenols is 1. The quantitative estimate of drug-likeness (QED) is 0.116. The molecule has 13 nitrogen and oxygen atoms in total. The molecule has 0 fully saturated rings. The maximum Gasteiger partial charge on any atom is 0.530 e. The molecule has 2 aromatic rings. The summed E-state index contributed by atoms with van der Waals surface area (Å²) in [6, 6.07) is 2.00. The third kappa shape index (κ3) is 6.71. The number of aromatic hydroxyl groups is 1. The van der Waals surface area contributed by atoms with Crippen molar-refractivity contribution in [3.05, 3.63) is 61.2 Å². The summed E-state index contributed by atoms with van der Waals surface area (Å²) in [6.07, 6.45) is 0. The number of nitrogens with zero attached hydrogens (tertiary/aromatic N) is 3. The number of nitrogens with two attached hydrogens (primary N) is 1. The smallest absolute Gasteiger partial charge is 0.530 e. The number of phosphoric acid groups is 1. The van der Waals surface area contributed by atoms with E-state index in [1.54, 1.807) is 13.8 Å². The topological polar surface area (TPSA) is 187 Å². The van der Waals surface area contributed by atoms with Crippen LogP contribution in [0.5, 0.6) is 11.5 Å². The Kier molecular flexibility index (Phi) is 10.2. The molecule has 1 heterocycles. The molecular formula is C20H23Cl2N4O9P. The summed E-state index contributed by atoms with van der Waals surface area (Å²) in [5.41, 5.74) is 0.289. The van der Waals surface area contributed by atoms with Gasteiger partial charge in [-0.15, -0.1) is 0 Å². The molecule has 0 aliphatic carbocycles. The van der Waals surface area contributed by atoms with Crippen LogP contribution in [0.2, 0.25) is 0 Å². The van der Waals surface area contributed by atoms with E-state index in [9.17, 15) is 25.0 Å². The molecule has 0 spiro atoms. The first-order chi connectivity index (χ1) is 16.9. The molecule has 0 radical (unpaired) electrons. The van der Waals surface area contributed by atoms with E-state index in [1.807, 2.05) is 0 Å². The number of benzene rings is 1. The zero-order valence-electron chi connectivity index (χ0n) is 19.6. The summed E-state index contributed by atoms with van der Waals surface area (Å²) in [4.78, 5) is 14.8. The van der Waals surface area contributed by atoms with Crippen molar-refractivity contribution < 1.29 is 38.2 Å². The molecule has 196 valence electrons. The number of allylic oxidation sites excluding steroid dienone is 4. The lowest BCUT2D eigenvalue weighted by molar-refractivity contribution is -0.523. The summed E-state index contributed by atoms with van der Waals surface area (Å²) >= 11 is 12.3. The van der Waals surface area contributed by atoms with E-state index in [2.05, 4.69) is 16.7 Å². The predicted molar refractivity (Wildman–Crippen MR) is 131 cm³/mol. The van der Waals surface area contributed by atoms with Crippen molar-refractivity contribution >= 4 is 42.3 Å². The average molecular weight is 565 g/mol. The van der Waals surface area contributed by atoms with Crippen LogP contribution < -0.4 is 10.0 Å². The predicted octanol–water partition coefficient (Wildman–Crippen LogP) is 4.97. The van der Waals surface area contributed by atoms with Crippen LogP contribution in [-0.2, 0) is 13.6 Å². The summed E-state index contributed by atoms with van der Waals surface area (Å²) in [6.45, 7) is 9.85. The fraction of sp³-hybridized carbons (Fsp3) is 0.300. The lowest BCUT2D eigenvalue weighted by Gasteiger charge is -2.17. The molecule has 1 aromatic carbocycles. The van der Waals surface area contributed by atoms with Crippen molar-refractivity contribution in [3.8, 4) is 23.0 Å². The van der Waals surface area contributed by atoms with Crippen LogP contribution in [-0.4, -0.2) is 33.4 Å². The number of nitro benzene ring substituents is 1. The number of aromatic nitrogens is 2. The number of hydroxylamine groups is 1. The highest BCUT2D eigenvalue weighted by molar-refractivity contribution is 7.48. The van der Waals surface area contributed by atoms with Gasteiger partial charge in [0.15, 0.2) is 5.75 Å². The van der Waals surface area contributed by atoms with Crippen LogP contribution in [0, 0.1) is 15.3 Å². The first kappa shape index (κ1) is 29.5. The van der Waals surface area contributed by atoms with Gasteiger partial charge in [-0.2, -0.15) is 4.98 Å². The van der Waals surface area contributed by atoms with Crippen molar-refractivity contribution in [2.75, 3.05) is 13.2 Å². The Balaban J connectivity index is 2.68. The van der Waals surface area contributed by atoms with Gasteiger partial charge in [0.2, 0.25) is 16.7 Å². The van der Waals surface area contributed by atoms with E-state index in [-0.39, 0.29) is 46.3 Å². The third-order valence-corrected chi connectivity index (χ3v) is 6.81. The number of phosphoric ester groups is 1. The van der Waals surface area contributed by atoms with Gasteiger partial charge in [-0.3, -0.25) is 19.2 Å². The second-order valence-corrected chi connectivity index (χ2v) is 9.34. The highest BCUT2D eigenvalue weighted by Gasteiger charge is 2.32. The molecule has 0 amide bonds. The SMILES string of the molecule is C=C(C)/C(Cl)=C(C)\C(=C(\Cl)[NH2+][O-])c1noc(-c2cc(OP(=O)(OCC)OCC)c(O)c([N+](=O)[O-])c2)n1. The van der Waals surface area contributed by atoms with E-state index in [0.717, 1.165) is 12.1 Å². The molecule has 0 aliphatic heterocycles. The second kappa shape index (κ2) is 12.5. The fourth-order valence-electron chi connectivity index (χ4n) is 2.84. The Morgan fingerprint density at radius 3 is 2.39 bits per heavy atom. The van der Waals surface area contributed by atoms with Crippen LogP contribution in [0.3, 0.4) is 0 Å². The van der Waals surface area contributed by atoms with E-state index in [4.69, 9.17) is 41.3 Å². The average Bonchev–Trinajstić information content (AvgIpc) is 3.29. The lowest BCUT2D eigenvalue weighted by Crippen LogP contribution is -2.73. The molecule has 2 rings (SSSR count). The first-order valence-corrected chi connectivity index (χ1v) is 12.4. The molecule has 36 heavy (non-hydrogen) atoms. The molecule has 0 unspecified atom stereocenters. The van der Waals surface area contributed by atoms with Crippen LogP contribution in [0.25, 0.3) is 17.0 Å². The normalized spacial score (nSPS) is 13.2. The second-order valence-electron chi connectivity index (χ2n) is 6.96. The van der Waals surface area contributed by atoms with Crippen LogP contribution in [0.1, 0.15) is 33.5 Å². The highest BCUT2D eigenvalue weighted by atomic mass is 35.5. The number of rotatable bonds is 12. The Labute approximate surface area is 215 Å². The number of halogens is 2. The standard InChI is InChI=1S/C20H23Cl2N4O9P/c1-6-32-36(31,33-7-2)35-14-9-12(8-13(17(14)27)26(29)30)20-23-19(25-34-20)15(18(22)24-28)11(5)16(21)10(3)4/h8-9,27H,3,6-7,24H2,1-2,4-5H3/b16-11+,18-15+. The van der Waals surface area contributed by atoms with E-state index >= 15 is 0 Å². The molecule has 1 aromatic heterocycles. The van der Waals surface area contributed by atoms with Gasteiger partial charge in [0.25, 0.3) is 5.89 Å². The Morgan fingerprint density at radius 2 is 1.89 bits per heavy atom. The van der Waals surface area contributed by atoms with Gasteiger partial charge in [0, 0.05) is 11.1 Å². The van der Waals surface area contributed by atoms with Gasteiger partial charge in [0.1, 0.15) is 5.57 Å². The minimum absolute atomic E-state index is 0.0385. The summed E-state index contributed by atoms with van der Waals surface area (Å²) in [5.74, 6) is -1.97. The first-order valence-electron chi connectivity index (χ1n) is 10.2. The van der Waals surface area contributed by atoms with E-state index < -0.39 is 29.9 Å². The molecule has 0 saturated heterocycles. The molecule has 3 N–H and O–H groups in total. The Bertz CT molecular complexity index is 1270. The summed E-state index contributed by atoms with van der Waals surface area (Å²) in [7, 11) is -4.23. The molecular weight excluding hydrogens is 542 g/mol. The van der Waals surface area contributed by atoms with Crippen LogP contribution in [0.4, 0.5) is 5.69 Å². The number of hydrogen-bond donors (Lipinski definition) is 2. The van der Waals surface area contributed by atoms with Gasteiger partial charge < -0.3 is 24.8 Å². The van der Waals surface area contributed by atoms with Crippen molar-refractivity contribution in [2.45, 2.75) is 27.7 Å². The highest BCUT2D eigenvalue weighted by Crippen LogP contribution is 2.53. The van der Waals surface area contributed by atoms with Gasteiger partial charge in [-0.05, 0) is 56.5 Å². The summed E-state index contributed by atoms with van der Waals surface area (Å²) in [5, 5.41) is 37.0. The minimum atomic E-state index is -4.23. The monoisotopic (exact) mass is 564 g/mol. The van der Waals surface area contributed by atoms with Crippen molar-refractivity contribution in [2.24, 2.45) is 0 Å². The number of phenolic OH excluding ortho intramolecular Hbond substituents is 1. The maximum absolute atomic E-state index is 12.8. The summed E-state index contributed by atoms with van der Waals surface area (Å²) < 4.78 is 33.3. The maximum atomic E-state index is 12.8. The van der Waals surface area contributed by atoms with Crippen LogP contribution >= 0.6 is 31.0 Å². The van der Waals surface area contributed by atoms with E-state index in [0.29, 0.717) is 16.6 Å². The van der Waals surface area contributed by atoms with Crippen LogP contribution in [0.15, 0.2) is 44.6 Å². The van der Waals surface area contributed by atoms with E-state index in [1.165, 1.54) is 13.8 Å². The molecule has 0 aliphatic rings. The van der Waals surface area contributed by atoms with Crippen molar-refractivity contribution in [3.63, 3.8) is 0 Å². The fourth-order valence-corrected chi connectivity index (χ4v) is 4.35. The van der Waals surface area contributed by atoms with Gasteiger partial charge >= 0.3 is 13.5 Å². The largest absolute Gasteiger partial charge is 0.630 e. The third-order valence-electron chi connectivity index (χ3n) is 4.35. The minimum Gasteiger partial charge on any atom is -0.630 e. The Morgan fingerprint density at radius 1 is 1.28 bits per heavy atom. The van der Waals surface area contributed by atoms with Gasteiger partial charge in [0.05, 0.1) is 23.7 Å². The number of nitro groups is 1. The number of hydrogen-bond acceptors (Lipinski definition) is 11. The molecule has 16 heteroatoms. The number of quaternary nitrogens is 1. The zero-order chi connectivity index (χ0) is 27.2. The van der Waals surface area contributed by atoms with Gasteiger partial charge in [-0.25, -0.2) is 4.57 Å². The van der Waals surface area contributed by atoms with Crippen molar-refractivity contribution in [1.29, 1.82) is 0 Å². The van der Waals surface area contributed by atoms with Crippen molar-refractivity contribution in [1.82, 2.24) is 10.1 Å². The zero-order valence-corrected chi connectivity index (χ0v) is 22.0. The molecule has 0 atom stereocenters.